The van der Waals surface area contributed by atoms with E-state index in [0.717, 1.165) is 40.8 Å². The summed E-state index contributed by atoms with van der Waals surface area (Å²) in [6.45, 7) is 6.85. The SMILES string of the molecule is CC(C)(C)OC(=O)N1CCC(c2nc(-c3ccccc3Cl)c3ccc(Cl)cc3n2)CC1. The number of fused-ring (bicyclic) bond motifs is 1. The Morgan fingerprint density at radius 3 is 2.45 bits per heavy atom. The number of hydrogen-bond acceptors (Lipinski definition) is 4. The van der Waals surface area contributed by atoms with Crippen LogP contribution in [0.5, 0.6) is 0 Å². The summed E-state index contributed by atoms with van der Waals surface area (Å²) in [5.41, 5.74) is 1.96. The van der Waals surface area contributed by atoms with Gasteiger partial charge in [0.25, 0.3) is 0 Å². The number of carbonyl (C=O) groups is 1. The van der Waals surface area contributed by atoms with Crippen LogP contribution in [0.2, 0.25) is 10.0 Å². The minimum absolute atomic E-state index is 0.142. The molecule has 1 aliphatic rings. The zero-order chi connectivity index (χ0) is 22.2. The summed E-state index contributed by atoms with van der Waals surface area (Å²) in [5, 5.41) is 2.18. The van der Waals surface area contributed by atoms with Crippen molar-refractivity contribution in [3.63, 3.8) is 0 Å². The minimum Gasteiger partial charge on any atom is -0.444 e. The van der Waals surface area contributed by atoms with E-state index in [2.05, 4.69) is 0 Å². The lowest BCUT2D eigenvalue weighted by molar-refractivity contribution is 0.0203. The molecule has 7 heteroatoms. The lowest BCUT2D eigenvalue weighted by Gasteiger charge is -2.33. The maximum absolute atomic E-state index is 12.4. The Morgan fingerprint density at radius 2 is 1.77 bits per heavy atom. The van der Waals surface area contributed by atoms with Gasteiger partial charge in [0.15, 0.2) is 0 Å². The summed E-state index contributed by atoms with van der Waals surface area (Å²) in [6.07, 6.45) is 1.27. The average molecular weight is 458 g/mol. The fourth-order valence-electron chi connectivity index (χ4n) is 3.81. The third-order valence-corrected chi connectivity index (χ3v) is 5.88. The number of nitrogens with zero attached hydrogens (tertiary/aromatic N) is 3. The zero-order valence-corrected chi connectivity index (χ0v) is 19.4. The van der Waals surface area contributed by atoms with Gasteiger partial charge in [-0.1, -0.05) is 41.4 Å². The van der Waals surface area contributed by atoms with Crippen molar-refractivity contribution in [3.8, 4) is 11.3 Å². The van der Waals surface area contributed by atoms with Crippen molar-refractivity contribution in [1.82, 2.24) is 14.9 Å². The average Bonchev–Trinajstić information content (AvgIpc) is 2.72. The van der Waals surface area contributed by atoms with Gasteiger partial charge < -0.3 is 9.64 Å². The number of likely N-dealkylation sites (tertiary alicyclic amines) is 1. The molecule has 1 fully saturated rings. The first-order chi connectivity index (χ1) is 14.7. The van der Waals surface area contributed by atoms with E-state index in [9.17, 15) is 4.79 Å². The molecule has 0 aliphatic carbocycles. The number of carbonyl (C=O) groups excluding carboxylic acids is 1. The van der Waals surface area contributed by atoms with E-state index in [1.165, 1.54) is 0 Å². The van der Waals surface area contributed by atoms with Crippen LogP contribution in [-0.2, 0) is 4.74 Å². The molecule has 0 radical (unpaired) electrons. The van der Waals surface area contributed by atoms with Crippen LogP contribution in [0.1, 0.15) is 45.4 Å². The lowest BCUT2D eigenvalue weighted by atomic mass is 9.95. The molecule has 5 nitrogen and oxygen atoms in total. The molecule has 31 heavy (non-hydrogen) atoms. The molecule has 2 heterocycles. The topological polar surface area (TPSA) is 55.3 Å². The Balaban J connectivity index is 1.65. The third-order valence-electron chi connectivity index (χ3n) is 5.32. The van der Waals surface area contributed by atoms with Crippen molar-refractivity contribution in [2.24, 2.45) is 0 Å². The van der Waals surface area contributed by atoms with Crippen LogP contribution < -0.4 is 0 Å². The molecule has 2 aromatic carbocycles. The Hall–Kier alpha value is -2.37. The summed E-state index contributed by atoms with van der Waals surface area (Å²) >= 11 is 12.7. The fraction of sp³-hybridized carbons (Fsp3) is 0.375. The van der Waals surface area contributed by atoms with Gasteiger partial charge in [-0.15, -0.1) is 0 Å². The largest absolute Gasteiger partial charge is 0.444 e. The molecule has 0 N–H and O–H groups in total. The summed E-state index contributed by atoms with van der Waals surface area (Å²) in [4.78, 5) is 23.9. The maximum atomic E-state index is 12.4. The third kappa shape index (κ3) is 4.94. The second-order valence-electron chi connectivity index (χ2n) is 8.81. The highest BCUT2D eigenvalue weighted by atomic mass is 35.5. The summed E-state index contributed by atoms with van der Waals surface area (Å²) in [7, 11) is 0. The molecule has 3 aromatic rings. The predicted molar refractivity (Wildman–Crippen MR) is 125 cm³/mol. The fourth-order valence-corrected chi connectivity index (χ4v) is 4.20. The van der Waals surface area contributed by atoms with Crippen molar-refractivity contribution in [1.29, 1.82) is 0 Å². The van der Waals surface area contributed by atoms with Crippen LogP contribution in [0.3, 0.4) is 0 Å². The molecular weight excluding hydrogens is 433 g/mol. The highest BCUT2D eigenvalue weighted by Gasteiger charge is 2.29. The van der Waals surface area contributed by atoms with E-state index < -0.39 is 5.60 Å². The number of aromatic nitrogens is 2. The quantitative estimate of drug-likeness (QED) is 0.428. The van der Waals surface area contributed by atoms with Gasteiger partial charge in [-0.2, -0.15) is 0 Å². The van der Waals surface area contributed by atoms with E-state index in [1.807, 2.05) is 63.2 Å². The first-order valence-corrected chi connectivity index (χ1v) is 11.2. The molecular formula is C24H25Cl2N3O2. The number of halogens is 2. The summed E-state index contributed by atoms with van der Waals surface area (Å²) in [6, 6.07) is 13.3. The van der Waals surface area contributed by atoms with E-state index in [-0.39, 0.29) is 12.0 Å². The van der Waals surface area contributed by atoms with Crippen molar-refractivity contribution in [2.45, 2.75) is 45.1 Å². The van der Waals surface area contributed by atoms with Gasteiger partial charge in [0.1, 0.15) is 11.4 Å². The van der Waals surface area contributed by atoms with E-state index in [1.54, 1.807) is 4.90 Å². The van der Waals surface area contributed by atoms with E-state index >= 15 is 0 Å². The van der Waals surface area contributed by atoms with Crippen LogP contribution in [0.15, 0.2) is 42.5 Å². The minimum atomic E-state index is -0.501. The number of amides is 1. The van der Waals surface area contributed by atoms with Crippen LogP contribution in [0, 0.1) is 0 Å². The van der Waals surface area contributed by atoms with E-state index in [4.69, 9.17) is 37.9 Å². The number of hydrogen-bond donors (Lipinski definition) is 0. The van der Waals surface area contributed by atoms with Crippen molar-refractivity contribution in [3.05, 3.63) is 58.3 Å². The molecule has 4 rings (SSSR count). The van der Waals surface area contributed by atoms with Gasteiger partial charge in [0, 0.05) is 40.0 Å². The van der Waals surface area contributed by atoms with Crippen LogP contribution >= 0.6 is 23.2 Å². The molecule has 1 amide bonds. The molecule has 0 atom stereocenters. The van der Waals surface area contributed by atoms with Gasteiger partial charge in [-0.05, 0) is 57.9 Å². The molecule has 0 spiro atoms. The summed E-state index contributed by atoms with van der Waals surface area (Å²) < 4.78 is 5.51. The Morgan fingerprint density at radius 1 is 1.06 bits per heavy atom. The predicted octanol–water partition coefficient (Wildman–Crippen LogP) is 6.72. The first-order valence-electron chi connectivity index (χ1n) is 10.4. The number of rotatable bonds is 2. The van der Waals surface area contributed by atoms with Crippen molar-refractivity contribution < 1.29 is 9.53 Å². The highest BCUT2D eigenvalue weighted by Crippen LogP contribution is 2.35. The van der Waals surface area contributed by atoms with E-state index in [0.29, 0.717) is 23.1 Å². The molecule has 0 saturated carbocycles. The molecule has 0 unspecified atom stereocenters. The van der Waals surface area contributed by atoms with Gasteiger partial charge in [0.2, 0.25) is 0 Å². The zero-order valence-electron chi connectivity index (χ0n) is 17.9. The summed E-state index contributed by atoms with van der Waals surface area (Å²) in [5.74, 6) is 0.900. The van der Waals surface area contributed by atoms with Crippen molar-refractivity contribution in [2.75, 3.05) is 13.1 Å². The Labute approximate surface area is 192 Å². The van der Waals surface area contributed by atoms with Crippen LogP contribution in [0.25, 0.3) is 22.2 Å². The molecule has 0 bridgehead atoms. The van der Waals surface area contributed by atoms with Gasteiger partial charge in [-0.3, -0.25) is 0 Å². The normalized spacial score (nSPS) is 15.3. The number of benzene rings is 2. The molecule has 1 saturated heterocycles. The molecule has 162 valence electrons. The van der Waals surface area contributed by atoms with Crippen molar-refractivity contribution >= 4 is 40.2 Å². The highest BCUT2D eigenvalue weighted by molar-refractivity contribution is 6.33. The Bertz CT molecular complexity index is 1120. The Kier molecular flexibility index (Phi) is 6.09. The second kappa shape index (κ2) is 8.64. The van der Waals surface area contributed by atoms with Gasteiger partial charge >= 0.3 is 6.09 Å². The van der Waals surface area contributed by atoms with Crippen LogP contribution in [-0.4, -0.2) is 39.7 Å². The monoisotopic (exact) mass is 457 g/mol. The van der Waals surface area contributed by atoms with Crippen LogP contribution in [0.4, 0.5) is 4.79 Å². The first kappa shape index (κ1) is 21.8. The second-order valence-corrected chi connectivity index (χ2v) is 9.66. The maximum Gasteiger partial charge on any atom is 0.410 e. The van der Waals surface area contributed by atoms with Gasteiger partial charge in [-0.25, -0.2) is 14.8 Å². The molecule has 1 aromatic heterocycles. The standard InChI is InChI=1S/C24H25Cl2N3O2/c1-24(2,3)31-23(30)29-12-10-15(11-13-29)22-27-20-14-16(25)8-9-18(20)21(28-22)17-6-4-5-7-19(17)26/h4-9,14-15H,10-13H2,1-3H3. The number of ether oxygens (including phenoxy) is 1. The molecule has 1 aliphatic heterocycles. The smallest absolute Gasteiger partial charge is 0.410 e. The number of piperidine rings is 1. The lowest BCUT2D eigenvalue weighted by Crippen LogP contribution is -2.41. The van der Waals surface area contributed by atoms with Gasteiger partial charge in [0.05, 0.1) is 11.2 Å².